The Hall–Kier alpha value is -2.15. The number of allylic oxidation sites excluding steroid dienone is 7. The molecule has 1 aromatic rings. The minimum Gasteiger partial charge on any atom is -0.300 e. The van der Waals surface area contributed by atoms with E-state index in [0.29, 0.717) is 17.5 Å². The minimum atomic E-state index is 0.370. The summed E-state index contributed by atoms with van der Waals surface area (Å²) in [7, 11) is 0. The van der Waals surface area contributed by atoms with Crippen molar-refractivity contribution in [3.05, 3.63) is 77.4 Å². The number of benzene rings is 1. The molecule has 1 aromatic carbocycles. The molecule has 0 aliphatic heterocycles. The van der Waals surface area contributed by atoms with Crippen molar-refractivity contribution in [1.82, 2.24) is 0 Å². The summed E-state index contributed by atoms with van der Waals surface area (Å²) in [5, 5.41) is 8.64. The Morgan fingerprint density at radius 1 is 1.17 bits per heavy atom. The Bertz CT molecular complexity index is 673. The van der Waals surface area contributed by atoms with Gasteiger partial charge in [-0.25, -0.2) is 0 Å². The van der Waals surface area contributed by atoms with E-state index in [1.807, 2.05) is 12.1 Å². The Balaban J connectivity index is 0.000000647. The third-order valence-corrected chi connectivity index (χ3v) is 4.28. The summed E-state index contributed by atoms with van der Waals surface area (Å²) >= 11 is 0. The highest BCUT2D eigenvalue weighted by atomic mass is 14.5. The van der Waals surface area contributed by atoms with Crippen LogP contribution in [0.4, 0.5) is 0 Å². The summed E-state index contributed by atoms with van der Waals surface area (Å²) in [4.78, 5) is 0. The lowest BCUT2D eigenvalue weighted by molar-refractivity contribution is 0.544. The standard InChI is InChI=1S/C20H21N.C3H8/c1-2-3-8-15-13-14-16-9-4-5-11-18(16)20(21)19-12-7-6-10-17(15)19;1-3-2/h3-9,11-15,17,21H,2,10H2,1H3;3H2,1-2H3/b8-3?,14-13-,21-20?;. The van der Waals surface area contributed by atoms with Gasteiger partial charge in [0.15, 0.2) is 0 Å². The van der Waals surface area contributed by atoms with Crippen molar-refractivity contribution in [2.45, 2.75) is 40.0 Å². The molecule has 1 heteroatoms. The van der Waals surface area contributed by atoms with Crippen LogP contribution >= 0.6 is 0 Å². The SMILES string of the molecule is CCC.CCC=CC1/C=C\c2ccccc2C(=N)C2=CC=CCC21. The van der Waals surface area contributed by atoms with Crippen LogP contribution in [0.2, 0.25) is 0 Å². The molecular formula is C23H29N. The van der Waals surface area contributed by atoms with Crippen LogP contribution in [-0.2, 0) is 0 Å². The second-order valence-corrected chi connectivity index (χ2v) is 6.33. The van der Waals surface area contributed by atoms with Crippen molar-refractivity contribution in [3.8, 4) is 0 Å². The van der Waals surface area contributed by atoms with Crippen molar-refractivity contribution >= 4 is 11.8 Å². The van der Waals surface area contributed by atoms with E-state index in [1.165, 1.54) is 12.0 Å². The average Bonchev–Trinajstić information content (AvgIpc) is 2.61. The van der Waals surface area contributed by atoms with Crippen molar-refractivity contribution in [1.29, 1.82) is 5.41 Å². The second kappa shape index (κ2) is 9.22. The zero-order valence-electron chi connectivity index (χ0n) is 15.1. The van der Waals surface area contributed by atoms with E-state index < -0.39 is 0 Å². The Labute approximate surface area is 147 Å². The highest BCUT2D eigenvalue weighted by Crippen LogP contribution is 2.35. The third-order valence-electron chi connectivity index (χ3n) is 4.28. The van der Waals surface area contributed by atoms with Crippen LogP contribution in [0, 0.1) is 17.2 Å². The molecule has 0 heterocycles. The van der Waals surface area contributed by atoms with E-state index in [-0.39, 0.29) is 0 Å². The maximum atomic E-state index is 8.64. The molecule has 24 heavy (non-hydrogen) atoms. The molecule has 0 amide bonds. The molecule has 0 bridgehead atoms. The Morgan fingerprint density at radius 2 is 1.92 bits per heavy atom. The number of nitrogens with one attached hydrogen (secondary N) is 1. The third kappa shape index (κ3) is 4.23. The number of hydrogen-bond donors (Lipinski definition) is 1. The quantitative estimate of drug-likeness (QED) is 0.595. The summed E-state index contributed by atoms with van der Waals surface area (Å²) in [5.41, 5.74) is 4.03. The number of rotatable bonds is 2. The zero-order valence-corrected chi connectivity index (χ0v) is 15.1. The highest BCUT2D eigenvalue weighted by Gasteiger charge is 2.27. The van der Waals surface area contributed by atoms with Crippen LogP contribution in [0.3, 0.4) is 0 Å². The second-order valence-electron chi connectivity index (χ2n) is 6.33. The molecule has 0 radical (unpaired) electrons. The normalized spacial score (nSPS) is 23.3. The van der Waals surface area contributed by atoms with Gasteiger partial charge < -0.3 is 0 Å². The lowest BCUT2D eigenvalue weighted by Crippen LogP contribution is -2.22. The molecule has 2 aliphatic rings. The summed E-state index contributed by atoms with van der Waals surface area (Å²) in [6, 6.07) is 8.22. The zero-order chi connectivity index (χ0) is 17.4. The van der Waals surface area contributed by atoms with Crippen molar-refractivity contribution in [3.63, 3.8) is 0 Å². The molecule has 0 saturated heterocycles. The molecule has 2 aliphatic carbocycles. The predicted octanol–water partition coefficient (Wildman–Crippen LogP) is 6.58. The topological polar surface area (TPSA) is 23.9 Å². The van der Waals surface area contributed by atoms with Gasteiger partial charge in [0.25, 0.3) is 0 Å². The first-order valence-electron chi connectivity index (χ1n) is 9.12. The maximum absolute atomic E-state index is 8.64. The molecule has 1 N–H and O–H groups in total. The van der Waals surface area contributed by atoms with Gasteiger partial charge in [-0.3, -0.25) is 5.41 Å². The van der Waals surface area contributed by atoms with Gasteiger partial charge >= 0.3 is 0 Å². The maximum Gasteiger partial charge on any atom is 0.0653 e. The van der Waals surface area contributed by atoms with Gasteiger partial charge in [0.2, 0.25) is 0 Å². The lowest BCUT2D eigenvalue weighted by atomic mass is 9.75. The fourth-order valence-electron chi connectivity index (χ4n) is 3.15. The average molecular weight is 319 g/mol. The molecule has 1 nitrogen and oxygen atoms in total. The highest BCUT2D eigenvalue weighted by molar-refractivity contribution is 6.13. The lowest BCUT2D eigenvalue weighted by Gasteiger charge is -2.29. The van der Waals surface area contributed by atoms with Crippen LogP contribution in [0.25, 0.3) is 6.08 Å². The van der Waals surface area contributed by atoms with Gasteiger partial charge in [0.1, 0.15) is 0 Å². The van der Waals surface area contributed by atoms with Crippen molar-refractivity contribution in [2.24, 2.45) is 11.8 Å². The Morgan fingerprint density at radius 3 is 2.67 bits per heavy atom. The van der Waals surface area contributed by atoms with Gasteiger partial charge in [-0.1, -0.05) is 94.0 Å². The monoisotopic (exact) mass is 319 g/mol. The van der Waals surface area contributed by atoms with E-state index in [9.17, 15) is 0 Å². The molecule has 0 saturated carbocycles. The molecule has 126 valence electrons. The van der Waals surface area contributed by atoms with E-state index in [1.54, 1.807) is 0 Å². The van der Waals surface area contributed by atoms with Crippen LogP contribution in [0.5, 0.6) is 0 Å². The van der Waals surface area contributed by atoms with E-state index in [4.69, 9.17) is 5.41 Å². The van der Waals surface area contributed by atoms with Crippen LogP contribution < -0.4 is 0 Å². The fourth-order valence-corrected chi connectivity index (χ4v) is 3.15. The first kappa shape index (κ1) is 18.2. The molecule has 0 spiro atoms. The molecule has 0 fully saturated rings. The molecule has 3 rings (SSSR count). The first-order chi connectivity index (χ1) is 11.7. The number of hydrogen-bond acceptors (Lipinski definition) is 1. The van der Waals surface area contributed by atoms with Crippen molar-refractivity contribution in [2.75, 3.05) is 0 Å². The number of fused-ring (bicyclic) bond motifs is 2. The van der Waals surface area contributed by atoms with E-state index >= 15 is 0 Å². The summed E-state index contributed by atoms with van der Waals surface area (Å²) < 4.78 is 0. The Kier molecular flexibility index (Phi) is 6.99. The first-order valence-corrected chi connectivity index (χ1v) is 9.12. The van der Waals surface area contributed by atoms with Gasteiger partial charge in [-0.05, 0) is 29.9 Å². The summed E-state index contributed by atoms with van der Waals surface area (Å²) in [5.74, 6) is 0.754. The van der Waals surface area contributed by atoms with Gasteiger partial charge in [-0.2, -0.15) is 0 Å². The van der Waals surface area contributed by atoms with E-state index in [0.717, 1.165) is 24.0 Å². The molecule has 2 unspecified atom stereocenters. The largest absolute Gasteiger partial charge is 0.300 e. The smallest absolute Gasteiger partial charge is 0.0653 e. The van der Waals surface area contributed by atoms with Gasteiger partial charge in [0, 0.05) is 11.5 Å². The predicted molar refractivity (Wildman–Crippen MR) is 107 cm³/mol. The van der Waals surface area contributed by atoms with Crippen molar-refractivity contribution < 1.29 is 0 Å². The summed E-state index contributed by atoms with van der Waals surface area (Å²) in [6.07, 6.45) is 18.8. The summed E-state index contributed by atoms with van der Waals surface area (Å²) in [6.45, 7) is 6.41. The molecule has 0 aromatic heterocycles. The van der Waals surface area contributed by atoms with Crippen LogP contribution in [-0.4, -0.2) is 5.71 Å². The minimum absolute atomic E-state index is 0.370. The van der Waals surface area contributed by atoms with Gasteiger partial charge in [0.05, 0.1) is 5.71 Å². The van der Waals surface area contributed by atoms with Crippen LogP contribution in [0.1, 0.15) is 51.2 Å². The fraction of sp³-hybridized carbons (Fsp3) is 0.348. The van der Waals surface area contributed by atoms with E-state index in [2.05, 4.69) is 75.4 Å². The van der Waals surface area contributed by atoms with Crippen LogP contribution in [0.15, 0.2) is 66.3 Å². The van der Waals surface area contributed by atoms with Gasteiger partial charge in [-0.15, -0.1) is 0 Å². The molecular weight excluding hydrogens is 290 g/mol. The molecule has 2 atom stereocenters.